The average molecular weight is 365 g/mol. The molecule has 2 aromatic rings. The molecule has 1 fully saturated rings. The van der Waals surface area contributed by atoms with Crippen molar-refractivity contribution < 1.29 is 17.9 Å². The summed E-state index contributed by atoms with van der Waals surface area (Å²) in [6, 6.07) is 5.14. The maximum atomic E-state index is 11.5. The molecule has 10 heteroatoms. The Balaban J connectivity index is 1.76. The van der Waals surface area contributed by atoms with Crippen molar-refractivity contribution in [3.63, 3.8) is 0 Å². The van der Waals surface area contributed by atoms with Crippen molar-refractivity contribution in [1.29, 1.82) is 0 Å². The first-order chi connectivity index (χ1) is 12.0. The Labute approximate surface area is 145 Å². The van der Waals surface area contributed by atoms with Gasteiger partial charge < -0.3 is 20.1 Å². The lowest BCUT2D eigenvalue weighted by atomic mass is 10.2. The standard InChI is InChI=1S/C15H19N5O4S/c1-23-11-3-4-13(24-2)12(7-11)18-14-8-16-20-15(19-14)17-10-5-6-25(21,22)9-10/h3-4,7-8,10H,5-6,9H2,1-2H3,(H2,17,18,19,20). The van der Waals surface area contributed by atoms with Crippen LogP contribution in [0.1, 0.15) is 6.42 Å². The fourth-order valence-corrected chi connectivity index (χ4v) is 4.24. The van der Waals surface area contributed by atoms with Crippen LogP contribution in [-0.2, 0) is 9.84 Å². The second kappa shape index (κ2) is 7.09. The molecule has 0 amide bonds. The highest BCUT2D eigenvalue weighted by atomic mass is 32.2. The minimum Gasteiger partial charge on any atom is -0.497 e. The molecule has 0 bridgehead atoms. The van der Waals surface area contributed by atoms with E-state index in [2.05, 4.69) is 25.8 Å². The Bertz CT molecular complexity index is 859. The largest absolute Gasteiger partial charge is 0.497 e. The molecule has 0 saturated carbocycles. The van der Waals surface area contributed by atoms with Gasteiger partial charge in [0, 0.05) is 12.1 Å². The third-order valence-electron chi connectivity index (χ3n) is 3.79. The molecular formula is C15H19N5O4S. The molecule has 1 unspecified atom stereocenters. The van der Waals surface area contributed by atoms with Gasteiger partial charge in [-0.05, 0) is 18.6 Å². The first-order valence-electron chi connectivity index (χ1n) is 7.65. The zero-order valence-electron chi connectivity index (χ0n) is 13.9. The number of nitrogens with one attached hydrogen (secondary N) is 2. The normalized spacial score (nSPS) is 18.6. The van der Waals surface area contributed by atoms with Gasteiger partial charge in [0.15, 0.2) is 15.7 Å². The van der Waals surface area contributed by atoms with Crippen LogP contribution in [0.3, 0.4) is 0 Å². The third kappa shape index (κ3) is 4.27. The highest BCUT2D eigenvalue weighted by molar-refractivity contribution is 7.91. The van der Waals surface area contributed by atoms with Gasteiger partial charge in [0.1, 0.15) is 11.5 Å². The van der Waals surface area contributed by atoms with Crippen molar-refractivity contribution in [3.8, 4) is 11.5 Å². The summed E-state index contributed by atoms with van der Waals surface area (Å²) in [7, 11) is 0.172. The maximum absolute atomic E-state index is 11.5. The number of hydrogen-bond acceptors (Lipinski definition) is 9. The van der Waals surface area contributed by atoms with E-state index in [9.17, 15) is 8.42 Å². The number of anilines is 3. The van der Waals surface area contributed by atoms with Crippen LogP contribution in [0.25, 0.3) is 0 Å². The van der Waals surface area contributed by atoms with Crippen LogP contribution >= 0.6 is 0 Å². The monoisotopic (exact) mass is 365 g/mol. The van der Waals surface area contributed by atoms with E-state index in [1.165, 1.54) is 6.20 Å². The molecule has 2 heterocycles. The fourth-order valence-electron chi connectivity index (χ4n) is 2.57. The maximum Gasteiger partial charge on any atom is 0.244 e. The first-order valence-corrected chi connectivity index (χ1v) is 9.47. The summed E-state index contributed by atoms with van der Waals surface area (Å²) in [4.78, 5) is 4.32. The van der Waals surface area contributed by atoms with E-state index in [0.717, 1.165) is 0 Å². The molecule has 1 saturated heterocycles. The van der Waals surface area contributed by atoms with E-state index in [1.807, 2.05) is 0 Å². The highest BCUT2D eigenvalue weighted by Gasteiger charge is 2.28. The Morgan fingerprint density at radius 2 is 2.08 bits per heavy atom. The number of sulfone groups is 1. The van der Waals surface area contributed by atoms with E-state index in [0.29, 0.717) is 29.4 Å². The molecule has 1 atom stereocenters. The minimum absolute atomic E-state index is 0.0811. The number of hydrogen-bond donors (Lipinski definition) is 2. The summed E-state index contributed by atoms with van der Waals surface area (Å²) >= 11 is 0. The number of rotatable bonds is 6. The van der Waals surface area contributed by atoms with Gasteiger partial charge in [-0.2, -0.15) is 10.1 Å². The second-order valence-corrected chi connectivity index (χ2v) is 7.83. The van der Waals surface area contributed by atoms with E-state index >= 15 is 0 Å². The predicted octanol–water partition coefficient (Wildman–Crippen LogP) is 1.23. The first kappa shape index (κ1) is 17.2. The lowest BCUT2D eigenvalue weighted by molar-refractivity contribution is 0.405. The second-order valence-electron chi connectivity index (χ2n) is 5.60. The SMILES string of the molecule is COc1ccc(OC)c(Nc2cnnc(NC3CCS(=O)(=O)C3)n2)c1. The van der Waals surface area contributed by atoms with Crippen molar-refractivity contribution >= 4 is 27.3 Å². The van der Waals surface area contributed by atoms with Crippen LogP contribution in [0, 0.1) is 0 Å². The molecule has 9 nitrogen and oxygen atoms in total. The van der Waals surface area contributed by atoms with Crippen LogP contribution in [0.4, 0.5) is 17.5 Å². The van der Waals surface area contributed by atoms with Gasteiger partial charge in [0.2, 0.25) is 5.95 Å². The molecule has 3 rings (SSSR count). The molecular weight excluding hydrogens is 346 g/mol. The molecule has 0 aliphatic carbocycles. The zero-order valence-corrected chi connectivity index (χ0v) is 14.7. The Hall–Kier alpha value is -2.62. The van der Waals surface area contributed by atoms with Gasteiger partial charge in [0.05, 0.1) is 37.6 Å². The van der Waals surface area contributed by atoms with Crippen molar-refractivity contribution in [2.45, 2.75) is 12.5 Å². The van der Waals surface area contributed by atoms with Crippen molar-refractivity contribution in [2.24, 2.45) is 0 Å². The summed E-state index contributed by atoms with van der Waals surface area (Å²) in [6.07, 6.45) is 2.00. The predicted molar refractivity (Wildman–Crippen MR) is 93.3 cm³/mol. The third-order valence-corrected chi connectivity index (χ3v) is 5.56. The summed E-state index contributed by atoms with van der Waals surface area (Å²) in [5, 5.41) is 13.9. The lowest BCUT2D eigenvalue weighted by Crippen LogP contribution is -2.22. The molecule has 25 heavy (non-hydrogen) atoms. The smallest absolute Gasteiger partial charge is 0.244 e. The molecule has 1 aliphatic heterocycles. The summed E-state index contributed by atoms with van der Waals surface area (Å²) in [6.45, 7) is 0. The van der Waals surface area contributed by atoms with Crippen LogP contribution < -0.4 is 20.1 Å². The Morgan fingerprint density at radius 1 is 1.24 bits per heavy atom. The molecule has 2 N–H and O–H groups in total. The van der Waals surface area contributed by atoms with E-state index in [-0.39, 0.29) is 23.5 Å². The van der Waals surface area contributed by atoms with Gasteiger partial charge in [0.25, 0.3) is 0 Å². The average Bonchev–Trinajstić information content (AvgIpc) is 2.93. The van der Waals surface area contributed by atoms with Gasteiger partial charge in [-0.1, -0.05) is 0 Å². The highest BCUT2D eigenvalue weighted by Crippen LogP contribution is 2.31. The molecule has 0 radical (unpaired) electrons. The Kier molecular flexibility index (Phi) is 4.88. The van der Waals surface area contributed by atoms with Crippen LogP contribution in [0.15, 0.2) is 24.4 Å². The lowest BCUT2D eigenvalue weighted by Gasteiger charge is -2.13. The van der Waals surface area contributed by atoms with Crippen molar-refractivity contribution in [1.82, 2.24) is 15.2 Å². The number of aromatic nitrogens is 3. The van der Waals surface area contributed by atoms with Crippen molar-refractivity contribution in [2.75, 3.05) is 36.4 Å². The molecule has 134 valence electrons. The number of nitrogens with zero attached hydrogens (tertiary/aromatic N) is 3. The van der Waals surface area contributed by atoms with Crippen molar-refractivity contribution in [3.05, 3.63) is 24.4 Å². The molecule has 1 aliphatic rings. The van der Waals surface area contributed by atoms with Crippen LogP contribution in [0.5, 0.6) is 11.5 Å². The molecule has 0 spiro atoms. The quantitative estimate of drug-likeness (QED) is 0.779. The minimum atomic E-state index is -2.98. The van der Waals surface area contributed by atoms with E-state index in [1.54, 1.807) is 32.4 Å². The van der Waals surface area contributed by atoms with Gasteiger partial charge in [-0.3, -0.25) is 0 Å². The topological polar surface area (TPSA) is 115 Å². The van der Waals surface area contributed by atoms with Gasteiger partial charge >= 0.3 is 0 Å². The van der Waals surface area contributed by atoms with Gasteiger partial charge in [-0.15, -0.1) is 5.10 Å². The van der Waals surface area contributed by atoms with Crippen LogP contribution in [0.2, 0.25) is 0 Å². The molecule has 1 aromatic carbocycles. The Morgan fingerprint density at radius 3 is 2.76 bits per heavy atom. The number of methoxy groups -OCH3 is 2. The number of ether oxygens (including phenoxy) is 2. The summed E-state index contributed by atoms with van der Waals surface area (Å²) < 4.78 is 33.6. The molecule has 1 aromatic heterocycles. The zero-order chi connectivity index (χ0) is 17.9. The van der Waals surface area contributed by atoms with E-state index in [4.69, 9.17) is 9.47 Å². The summed E-state index contributed by atoms with van der Waals surface area (Å²) in [5.74, 6) is 2.27. The van der Waals surface area contributed by atoms with Crippen LogP contribution in [-0.4, -0.2) is 55.4 Å². The van der Waals surface area contributed by atoms with Gasteiger partial charge in [-0.25, -0.2) is 8.42 Å². The number of benzene rings is 1. The fraction of sp³-hybridized carbons (Fsp3) is 0.400. The summed E-state index contributed by atoms with van der Waals surface area (Å²) in [5.41, 5.74) is 0.664. The van der Waals surface area contributed by atoms with E-state index < -0.39 is 9.84 Å².